The van der Waals surface area contributed by atoms with Crippen molar-refractivity contribution in [2.45, 2.75) is 19.4 Å². The highest BCUT2D eigenvalue weighted by atomic mass is 32.1. The topological polar surface area (TPSA) is 46.3 Å². The van der Waals surface area contributed by atoms with Crippen LogP contribution in [0.3, 0.4) is 0 Å². The Balaban J connectivity index is 2.32. The van der Waals surface area contributed by atoms with Crippen LogP contribution in [-0.4, -0.2) is 17.5 Å². The van der Waals surface area contributed by atoms with Gasteiger partial charge in [0, 0.05) is 11.4 Å². The number of carbonyl (C=O) groups excluding carboxylic acids is 1. The summed E-state index contributed by atoms with van der Waals surface area (Å²) >= 11 is 1.76. The zero-order valence-corrected chi connectivity index (χ0v) is 8.30. The van der Waals surface area contributed by atoms with E-state index >= 15 is 0 Å². The molecule has 13 heavy (non-hydrogen) atoms. The number of hydrogen-bond donors (Lipinski definition) is 1. The molecule has 2 N–H and O–H groups in total. The highest BCUT2D eigenvalue weighted by Crippen LogP contribution is 2.32. The lowest BCUT2D eigenvalue weighted by molar-refractivity contribution is 0.185. The third kappa shape index (κ3) is 1.31. The van der Waals surface area contributed by atoms with Crippen LogP contribution < -0.4 is 5.73 Å². The van der Waals surface area contributed by atoms with Crippen LogP contribution in [0.1, 0.15) is 23.4 Å². The lowest BCUT2D eigenvalue weighted by atomic mass is 10.0. The third-order valence-corrected chi connectivity index (χ3v) is 3.56. The maximum atomic E-state index is 11.0. The summed E-state index contributed by atoms with van der Waals surface area (Å²) in [7, 11) is 0. The third-order valence-electron chi connectivity index (χ3n) is 2.56. The van der Waals surface area contributed by atoms with Crippen molar-refractivity contribution in [2.24, 2.45) is 5.73 Å². The average molecular weight is 196 g/mol. The van der Waals surface area contributed by atoms with E-state index in [0.717, 1.165) is 13.0 Å². The normalized spacial score (nSPS) is 21.3. The fraction of sp³-hybridized carbons (Fsp3) is 0.444. The largest absolute Gasteiger partial charge is 0.351 e. The van der Waals surface area contributed by atoms with Crippen LogP contribution in [0.15, 0.2) is 11.4 Å². The van der Waals surface area contributed by atoms with Crippen molar-refractivity contribution >= 4 is 17.4 Å². The number of rotatable bonds is 0. The highest BCUT2D eigenvalue weighted by molar-refractivity contribution is 7.10. The summed E-state index contributed by atoms with van der Waals surface area (Å²) in [6.45, 7) is 2.78. The van der Waals surface area contributed by atoms with Gasteiger partial charge in [-0.2, -0.15) is 0 Å². The van der Waals surface area contributed by atoms with Gasteiger partial charge in [-0.15, -0.1) is 11.3 Å². The van der Waals surface area contributed by atoms with E-state index in [9.17, 15) is 4.79 Å². The first kappa shape index (κ1) is 8.56. The van der Waals surface area contributed by atoms with Crippen LogP contribution >= 0.6 is 11.3 Å². The van der Waals surface area contributed by atoms with Gasteiger partial charge < -0.3 is 10.6 Å². The van der Waals surface area contributed by atoms with Crippen molar-refractivity contribution < 1.29 is 4.79 Å². The standard InChI is InChI=1S/C9H12N2OS/c1-6-7-3-5-13-8(7)2-4-11(6)9(10)12/h3,5-6H,2,4H2,1H3,(H2,10,12). The second kappa shape index (κ2) is 3.03. The van der Waals surface area contributed by atoms with E-state index < -0.39 is 0 Å². The molecule has 70 valence electrons. The highest BCUT2D eigenvalue weighted by Gasteiger charge is 2.26. The van der Waals surface area contributed by atoms with Crippen molar-refractivity contribution in [3.8, 4) is 0 Å². The zero-order valence-electron chi connectivity index (χ0n) is 7.49. The smallest absolute Gasteiger partial charge is 0.315 e. The van der Waals surface area contributed by atoms with Crippen molar-refractivity contribution in [1.29, 1.82) is 0 Å². The average Bonchev–Trinajstić information content (AvgIpc) is 2.52. The molecule has 0 fully saturated rings. The monoisotopic (exact) mass is 196 g/mol. The number of nitrogens with two attached hydrogens (primary N) is 1. The molecule has 0 aromatic carbocycles. The molecule has 2 rings (SSSR count). The first-order valence-corrected chi connectivity index (χ1v) is 5.20. The Morgan fingerprint density at radius 3 is 3.23 bits per heavy atom. The van der Waals surface area contributed by atoms with Gasteiger partial charge in [-0.05, 0) is 30.4 Å². The summed E-state index contributed by atoms with van der Waals surface area (Å²) in [4.78, 5) is 14.2. The molecule has 1 atom stereocenters. The van der Waals surface area contributed by atoms with Crippen LogP contribution in [0.5, 0.6) is 0 Å². The van der Waals surface area contributed by atoms with Crippen LogP contribution in [0.2, 0.25) is 0 Å². The fourth-order valence-corrected chi connectivity index (χ4v) is 2.77. The molecule has 0 saturated heterocycles. The molecular weight excluding hydrogens is 184 g/mol. The van der Waals surface area contributed by atoms with Gasteiger partial charge in [0.05, 0.1) is 6.04 Å². The summed E-state index contributed by atoms with van der Waals surface area (Å²) in [5.41, 5.74) is 6.53. The molecule has 0 bridgehead atoms. The Hall–Kier alpha value is -1.03. The Bertz CT molecular complexity index is 334. The number of thiophene rings is 1. The molecule has 0 saturated carbocycles. The Labute approximate surface area is 81.2 Å². The first-order valence-electron chi connectivity index (χ1n) is 4.32. The van der Waals surface area contributed by atoms with Gasteiger partial charge in [-0.25, -0.2) is 4.79 Å². The molecule has 0 aliphatic carbocycles. The predicted octanol–water partition coefficient (Wildman–Crippen LogP) is 1.75. The molecular formula is C9H12N2OS. The van der Waals surface area contributed by atoms with Crippen LogP contribution in [-0.2, 0) is 6.42 Å². The Kier molecular flexibility index (Phi) is 2.00. The fourth-order valence-electron chi connectivity index (χ4n) is 1.81. The summed E-state index contributed by atoms with van der Waals surface area (Å²) in [5.74, 6) is 0. The van der Waals surface area contributed by atoms with Gasteiger partial charge in [0.2, 0.25) is 0 Å². The molecule has 3 nitrogen and oxygen atoms in total. The molecule has 1 unspecified atom stereocenters. The quantitative estimate of drug-likeness (QED) is 0.675. The van der Waals surface area contributed by atoms with Gasteiger partial charge >= 0.3 is 6.03 Å². The Morgan fingerprint density at radius 1 is 1.77 bits per heavy atom. The summed E-state index contributed by atoms with van der Waals surface area (Å²) in [6, 6.07) is 1.91. The second-order valence-corrected chi connectivity index (χ2v) is 4.26. The van der Waals surface area contributed by atoms with E-state index in [4.69, 9.17) is 5.73 Å². The van der Waals surface area contributed by atoms with Crippen molar-refractivity contribution in [3.05, 3.63) is 21.9 Å². The van der Waals surface area contributed by atoms with Gasteiger partial charge in [-0.3, -0.25) is 0 Å². The summed E-state index contributed by atoms with van der Waals surface area (Å²) < 4.78 is 0. The molecule has 1 aliphatic heterocycles. The number of fused-ring (bicyclic) bond motifs is 1. The lowest BCUT2D eigenvalue weighted by Crippen LogP contribution is -2.41. The predicted molar refractivity (Wildman–Crippen MR) is 52.7 cm³/mol. The van der Waals surface area contributed by atoms with Crippen molar-refractivity contribution in [1.82, 2.24) is 4.90 Å². The van der Waals surface area contributed by atoms with E-state index in [1.54, 1.807) is 16.2 Å². The van der Waals surface area contributed by atoms with E-state index in [2.05, 4.69) is 11.4 Å². The minimum absolute atomic E-state index is 0.146. The van der Waals surface area contributed by atoms with Crippen molar-refractivity contribution in [2.75, 3.05) is 6.54 Å². The molecule has 1 aromatic rings. The summed E-state index contributed by atoms with van der Waals surface area (Å²) in [5, 5.41) is 2.08. The maximum Gasteiger partial charge on any atom is 0.315 e. The number of nitrogens with zero attached hydrogens (tertiary/aromatic N) is 1. The summed E-state index contributed by atoms with van der Waals surface area (Å²) in [6.07, 6.45) is 0.945. The minimum atomic E-state index is -0.315. The van der Waals surface area contributed by atoms with Gasteiger partial charge in [0.1, 0.15) is 0 Å². The first-order chi connectivity index (χ1) is 6.20. The van der Waals surface area contributed by atoms with E-state index in [1.165, 1.54) is 10.4 Å². The molecule has 0 spiro atoms. The van der Waals surface area contributed by atoms with E-state index in [1.807, 2.05) is 6.92 Å². The number of carbonyl (C=O) groups is 1. The molecule has 2 heterocycles. The van der Waals surface area contributed by atoms with E-state index in [0.29, 0.717) is 0 Å². The minimum Gasteiger partial charge on any atom is -0.351 e. The maximum absolute atomic E-state index is 11.0. The molecule has 4 heteroatoms. The van der Waals surface area contributed by atoms with Crippen LogP contribution in [0.4, 0.5) is 4.79 Å². The molecule has 1 aromatic heterocycles. The van der Waals surface area contributed by atoms with Crippen molar-refractivity contribution in [3.63, 3.8) is 0 Å². The Morgan fingerprint density at radius 2 is 2.54 bits per heavy atom. The number of urea groups is 1. The zero-order chi connectivity index (χ0) is 9.42. The van der Waals surface area contributed by atoms with Gasteiger partial charge in [-0.1, -0.05) is 0 Å². The number of hydrogen-bond acceptors (Lipinski definition) is 2. The second-order valence-electron chi connectivity index (χ2n) is 3.26. The van der Waals surface area contributed by atoms with Gasteiger partial charge in [0.25, 0.3) is 0 Å². The van der Waals surface area contributed by atoms with E-state index in [-0.39, 0.29) is 12.1 Å². The number of primary amides is 1. The SMILES string of the molecule is CC1c2ccsc2CCN1C(N)=O. The lowest BCUT2D eigenvalue weighted by Gasteiger charge is -2.32. The molecule has 1 aliphatic rings. The molecule has 2 amide bonds. The van der Waals surface area contributed by atoms with Crippen LogP contribution in [0, 0.1) is 0 Å². The molecule has 0 radical (unpaired) electrons. The van der Waals surface area contributed by atoms with Gasteiger partial charge in [0.15, 0.2) is 0 Å². The number of amides is 2. The van der Waals surface area contributed by atoms with Crippen LogP contribution in [0.25, 0.3) is 0 Å².